The highest BCUT2D eigenvalue weighted by Crippen LogP contribution is 2.40. The topological polar surface area (TPSA) is 34.5 Å². The number of rotatable bonds is 3. The van der Waals surface area contributed by atoms with Gasteiger partial charge in [-0.2, -0.15) is 13.2 Å². The van der Waals surface area contributed by atoms with Crippen LogP contribution < -0.4 is 5.56 Å². The van der Waals surface area contributed by atoms with Crippen LogP contribution in [0.1, 0.15) is 5.56 Å². The van der Waals surface area contributed by atoms with E-state index in [-0.39, 0.29) is 18.6 Å². The summed E-state index contributed by atoms with van der Waals surface area (Å²) in [4.78, 5) is 13.0. The molecule has 0 spiro atoms. The van der Waals surface area contributed by atoms with Gasteiger partial charge in [0.1, 0.15) is 0 Å². The Morgan fingerprint density at radius 3 is 2.53 bits per heavy atom. The van der Waals surface area contributed by atoms with Crippen LogP contribution in [0.2, 0.25) is 0 Å². The van der Waals surface area contributed by atoms with Gasteiger partial charge >= 0.3 is 6.18 Å². The first kappa shape index (κ1) is 14.1. The molecule has 1 aliphatic rings. The average Bonchev–Trinajstić information content (AvgIpc) is 2.26. The third-order valence-electron chi connectivity index (χ3n) is 3.44. The Balaban J connectivity index is 2.01. The standard InChI is InChI=1S/C12H15F3N2O2/c1-16-4-3-9(5-10(16)18)6-17-7-11(8-17,19-2)12(13,14)15/h3-5H,6-8H2,1-2H3. The van der Waals surface area contributed by atoms with Crippen LogP contribution in [0, 0.1) is 0 Å². The summed E-state index contributed by atoms with van der Waals surface area (Å²) < 4.78 is 44.4. The van der Waals surface area contributed by atoms with E-state index in [1.54, 1.807) is 24.2 Å². The average molecular weight is 276 g/mol. The van der Waals surface area contributed by atoms with Gasteiger partial charge in [-0.3, -0.25) is 9.69 Å². The zero-order chi connectivity index (χ0) is 14.3. The maximum Gasteiger partial charge on any atom is 0.419 e. The number of ether oxygens (including phenoxy) is 1. The summed E-state index contributed by atoms with van der Waals surface area (Å²) in [6.45, 7) is -0.0955. The van der Waals surface area contributed by atoms with Crippen molar-refractivity contribution < 1.29 is 17.9 Å². The minimum absolute atomic E-state index is 0.174. The van der Waals surface area contributed by atoms with Crippen molar-refractivity contribution in [3.63, 3.8) is 0 Å². The lowest BCUT2D eigenvalue weighted by Gasteiger charge is -2.49. The molecule has 4 nitrogen and oxygen atoms in total. The van der Waals surface area contributed by atoms with Crippen LogP contribution in [0.5, 0.6) is 0 Å². The van der Waals surface area contributed by atoms with Crippen LogP contribution >= 0.6 is 0 Å². The number of halogens is 3. The predicted molar refractivity (Wildman–Crippen MR) is 62.8 cm³/mol. The summed E-state index contributed by atoms with van der Waals surface area (Å²) in [5.74, 6) is 0. The Morgan fingerprint density at radius 1 is 1.42 bits per heavy atom. The first-order chi connectivity index (χ1) is 8.77. The molecular weight excluding hydrogens is 261 g/mol. The van der Waals surface area contributed by atoms with Gasteiger partial charge in [-0.25, -0.2) is 0 Å². The van der Waals surface area contributed by atoms with Crippen molar-refractivity contribution in [2.75, 3.05) is 20.2 Å². The molecule has 0 saturated carbocycles. The van der Waals surface area contributed by atoms with Crippen LogP contribution in [0.3, 0.4) is 0 Å². The lowest BCUT2D eigenvalue weighted by Crippen LogP contribution is -2.69. The molecule has 2 heterocycles. The fraction of sp³-hybridized carbons (Fsp3) is 0.583. The van der Waals surface area contributed by atoms with Crippen molar-refractivity contribution in [1.82, 2.24) is 9.47 Å². The minimum Gasteiger partial charge on any atom is -0.366 e. The Hall–Kier alpha value is -1.34. The van der Waals surface area contributed by atoms with E-state index < -0.39 is 11.8 Å². The molecule has 19 heavy (non-hydrogen) atoms. The summed E-state index contributed by atoms with van der Waals surface area (Å²) in [6.07, 6.45) is -2.77. The van der Waals surface area contributed by atoms with Gasteiger partial charge in [0.25, 0.3) is 5.56 Å². The second-order valence-electron chi connectivity index (χ2n) is 4.83. The van der Waals surface area contributed by atoms with Crippen LogP contribution in [0.25, 0.3) is 0 Å². The maximum atomic E-state index is 12.8. The van der Waals surface area contributed by atoms with Gasteiger partial charge < -0.3 is 9.30 Å². The molecule has 1 aromatic rings. The fourth-order valence-electron chi connectivity index (χ4n) is 2.16. The molecule has 0 aliphatic carbocycles. The molecule has 2 rings (SSSR count). The van der Waals surface area contributed by atoms with E-state index in [1.165, 1.54) is 10.6 Å². The number of methoxy groups -OCH3 is 1. The van der Waals surface area contributed by atoms with Crippen molar-refractivity contribution in [1.29, 1.82) is 0 Å². The van der Waals surface area contributed by atoms with E-state index >= 15 is 0 Å². The van der Waals surface area contributed by atoms with Crippen molar-refractivity contribution in [2.45, 2.75) is 18.3 Å². The summed E-state index contributed by atoms with van der Waals surface area (Å²) in [6, 6.07) is 3.15. The SMILES string of the molecule is COC1(C(F)(F)F)CN(Cc2ccn(C)c(=O)c2)C1. The first-order valence-electron chi connectivity index (χ1n) is 5.77. The monoisotopic (exact) mass is 276 g/mol. The van der Waals surface area contributed by atoms with E-state index in [9.17, 15) is 18.0 Å². The smallest absolute Gasteiger partial charge is 0.366 e. The van der Waals surface area contributed by atoms with E-state index in [1.807, 2.05) is 0 Å². The van der Waals surface area contributed by atoms with Gasteiger partial charge in [0, 0.05) is 46.1 Å². The molecule has 0 bridgehead atoms. The molecule has 1 aromatic heterocycles. The van der Waals surface area contributed by atoms with E-state index in [0.717, 1.165) is 7.11 Å². The highest BCUT2D eigenvalue weighted by molar-refractivity contribution is 5.13. The lowest BCUT2D eigenvalue weighted by atomic mass is 9.92. The van der Waals surface area contributed by atoms with Gasteiger partial charge in [-0.1, -0.05) is 0 Å². The van der Waals surface area contributed by atoms with Crippen LogP contribution in [-0.2, 0) is 18.3 Å². The molecule has 7 heteroatoms. The number of aryl methyl sites for hydroxylation is 1. The highest BCUT2D eigenvalue weighted by atomic mass is 19.4. The molecule has 0 aromatic carbocycles. The molecule has 1 saturated heterocycles. The van der Waals surface area contributed by atoms with Crippen molar-refractivity contribution in [3.8, 4) is 0 Å². The predicted octanol–water partition coefficient (Wildman–Crippen LogP) is 1.15. The quantitative estimate of drug-likeness (QED) is 0.830. The molecule has 0 atom stereocenters. The molecule has 0 N–H and O–H groups in total. The van der Waals surface area contributed by atoms with Crippen molar-refractivity contribution in [3.05, 3.63) is 34.2 Å². The molecule has 0 unspecified atom stereocenters. The van der Waals surface area contributed by atoms with Gasteiger partial charge in [-0.05, 0) is 11.6 Å². The number of hydrogen-bond acceptors (Lipinski definition) is 3. The Bertz CT molecular complexity index is 518. The Kier molecular flexibility index (Phi) is 3.44. The second kappa shape index (κ2) is 4.64. The van der Waals surface area contributed by atoms with Crippen molar-refractivity contribution in [2.24, 2.45) is 7.05 Å². The second-order valence-corrected chi connectivity index (χ2v) is 4.83. The molecular formula is C12H15F3N2O2. The Labute approximate surface area is 108 Å². The van der Waals surface area contributed by atoms with Crippen LogP contribution in [0.4, 0.5) is 13.2 Å². The zero-order valence-corrected chi connectivity index (χ0v) is 10.7. The fourth-order valence-corrected chi connectivity index (χ4v) is 2.16. The number of likely N-dealkylation sites (tertiary alicyclic amines) is 1. The summed E-state index contributed by atoms with van der Waals surface area (Å²) in [5.41, 5.74) is -1.53. The van der Waals surface area contributed by atoms with Gasteiger partial charge in [0.15, 0.2) is 5.60 Å². The Morgan fingerprint density at radius 2 is 2.05 bits per heavy atom. The van der Waals surface area contributed by atoms with Gasteiger partial charge in [0.05, 0.1) is 0 Å². The van der Waals surface area contributed by atoms with Crippen molar-refractivity contribution >= 4 is 0 Å². The number of nitrogens with zero attached hydrogens (tertiary/aromatic N) is 2. The number of pyridine rings is 1. The number of hydrogen-bond donors (Lipinski definition) is 0. The molecule has 1 fully saturated rings. The lowest BCUT2D eigenvalue weighted by molar-refractivity contribution is -0.312. The minimum atomic E-state index is -4.37. The zero-order valence-electron chi connectivity index (χ0n) is 10.7. The van der Waals surface area contributed by atoms with E-state index in [4.69, 9.17) is 0 Å². The molecule has 106 valence electrons. The van der Waals surface area contributed by atoms with Gasteiger partial charge in [-0.15, -0.1) is 0 Å². The molecule has 1 aliphatic heterocycles. The summed E-state index contributed by atoms with van der Waals surface area (Å²) in [5, 5.41) is 0. The van der Waals surface area contributed by atoms with Crippen LogP contribution in [-0.4, -0.2) is 41.4 Å². The largest absolute Gasteiger partial charge is 0.419 e. The maximum absolute atomic E-state index is 12.8. The summed E-state index contributed by atoms with van der Waals surface area (Å²) in [7, 11) is 2.69. The molecule has 0 amide bonds. The van der Waals surface area contributed by atoms with E-state index in [0.29, 0.717) is 12.1 Å². The van der Waals surface area contributed by atoms with Gasteiger partial charge in [0.2, 0.25) is 0 Å². The number of aromatic nitrogens is 1. The molecule has 0 radical (unpaired) electrons. The number of alkyl halides is 3. The third-order valence-corrected chi connectivity index (χ3v) is 3.44. The summed E-state index contributed by atoms with van der Waals surface area (Å²) >= 11 is 0. The highest BCUT2D eigenvalue weighted by Gasteiger charge is 2.62. The van der Waals surface area contributed by atoms with E-state index in [2.05, 4.69) is 4.74 Å². The normalized spacial score (nSPS) is 19.2. The third kappa shape index (κ3) is 2.52. The van der Waals surface area contributed by atoms with Crippen LogP contribution in [0.15, 0.2) is 23.1 Å². The first-order valence-corrected chi connectivity index (χ1v) is 5.77.